The van der Waals surface area contributed by atoms with Crippen molar-refractivity contribution in [3.8, 4) is 5.75 Å². The molecule has 1 atom stereocenters. The van der Waals surface area contributed by atoms with Crippen molar-refractivity contribution in [2.75, 3.05) is 39.3 Å². The fourth-order valence-electron chi connectivity index (χ4n) is 2.84. The van der Waals surface area contributed by atoms with E-state index in [0.717, 1.165) is 16.8 Å². The molecule has 0 spiro atoms. The number of nitrogens with one attached hydrogen (secondary N) is 1. The van der Waals surface area contributed by atoms with Gasteiger partial charge in [-0.15, -0.1) is 0 Å². The number of nitrogens with zero attached hydrogens (tertiary/aromatic N) is 1. The van der Waals surface area contributed by atoms with Crippen LogP contribution in [0.3, 0.4) is 0 Å². The second-order valence-corrected chi connectivity index (χ2v) is 8.77. The average Bonchev–Trinajstić information content (AvgIpc) is 2.63. The van der Waals surface area contributed by atoms with E-state index in [1.54, 1.807) is 25.3 Å². The molecule has 0 saturated carbocycles. The number of ether oxygens (including phenoxy) is 2. The first-order valence-electron chi connectivity index (χ1n) is 9.24. The molecule has 1 unspecified atom stereocenters. The molecule has 0 saturated heterocycles. The molecule has 0 fully saturated rings. The molecule has 0 aliphatic rings. The molecular weight excluding hydrogens is 376 g/mol. The maximum Gasteiger partial charge on any atom is 0.240 e. The van der Waals surface area contributed by atoms with E-state index in [-0.39, 0.29) is 10.9 Å². The van der Waals surface area contributed by atoms with Crippen molar-refractivity contribution >= 4 is 15.7 Å². The van der Waals surface area contributed by atoms with E-state index < -0.39 is 10.0 Å². The quantitative estimate of drug-likeness (QED) is 0.615. The standard InChI is InChI=1S/C21H30N2O4S/c1-16-14-20(10-11-21(16)27-13-12-26-5)28(24,25)22-17(2)15-18-6-8-19(9-7-18)23(3)4/h6-11,14,17,22H,12-13,15H2,1-5H3. The third-order valence-corrected chi connectivity index (χ3v) is 5.94. The predicted octanol–water partition coefficient (Wildman–Crippen LogP) is 3.00. The maximum atomic E-state index is 12.7. The van der Waals surface area contributed by atoms with E-state index in [1.165, 1.54) is 0 Å². The lowest BCUT2D eigenvalue weighted by Crippen LogP contribution is -2.34. The second-order valence-electron chi connectivity index (χ2n) is 7.06. The minimum atomic E-state index is -3.60. The van der Waals surface area contributed by atoms with Gasteiger partial charge in [0.05, 0.1) is 11.5 Å². The molecule has 0 amide bonds. The van der Waals surface area contributed by atoms with Crippen molar-refractivity contribution in [1.29, 1.82) is 0 Å². The second kappa shape index (κ2) is 9.91. The van der Waals surface area contributed by atoms with Crippen molar-refractivity contribution in [2.24, 2.45) is 0 Å². The molecular formula is C21H30N2O4S. The van der Waals surface area contributed by atoms with Crippen LogP contribution in [0.5, 0.6) is 5.75 Å². The normalized spacial score (nSPS) is 12.6. The SMILES string of the molecule is COCCOc1ccc(S(=O)(=O)NC(C)Cc2ccc(N(C)C)cc2)cc1C. The summed E-state index contributed by atoms with van der Waals surface area (Å²) in [7, 11) is 1.98. The Kier molecular flexibility index (Phi) is 7.86. The van der Waals surface area contributed by atoms with Gasteiger partial charge in [-0.2, -0.15) is 0 Å². The molecule has 0 radical (unpaired) electrons. The molecule has 7 heteroatoms. The lowest BCUT2D eigenvalue weighted by Gasteiger charge is -2.17. The van der Waals surface area contributed by atoms with E-state index in [9.17, 15) is 8.42 Å². The number of rotatable bonds is 10. The largest absolute Gasteiger partial charge is 0.491 e. The Morgan fingerprint density at radius 3 is 2.32 bits per heavy atom. The van der Waals surface area contributed by atoms with Crippen LogP contribution in [0, 0.1) is 6.92 Å². The summed E-state index contributed by atoms with van der Waals surface area (Å²) in [5, 5.41) is 0. The van der Waals surface area contributed by atoms with Crippen LogP contribution in [0.15, 0.2) is 47.4 Å². The van der Waals surface area contributed by atoms with Crippen LogP contribution in [0.2, 0.25) is 0 Å². The molecule has 0 aliphatic heterocycles. The third-order valence-electron chi connectivity index (χ3n) is 4.35. The van der Waals surface area contributed by atoms with Gasteiger partial charge in [-0.3, -0.25) is 0 Å². The highest BCUT2D eigenvalue weighted by molar-refractivity contribution is 7.89. The van der Waals surface area contributed by atoms with Gasteiger partial charge >= 0.3 is 0 Å². The number of hydrogen-bond acceptors (Lipinski definition) is 5. The van der Waals surface area contributed by atoms with Gasteiger partial charge in [0.2, 0.25) is 10.0 Å². The van der Waals surface area contributed by atoms with E-state index in [0.29, 0.717) is 25.4 Å². The van der Waals surface area contributed by atoms with Crippen LogP contribution in [-0.4, -0.2) is 48.9 Å². The molecule has 2 rings (SSSR count). The molecule has 0 heterocycles. The fraction of sp³-hybridized carbons (Fsp3) is 0.429. The lowest BCUT2D eigenvalue weighted by atomic mass is 10.1. The molecule has 1 N–H and O–H groups in total. The van der Waals surface area contributed by atoms with Crippen LogP contribution in [-0.2, 0) is 21.2 Å². The smallest absolute Gasteiger partial charge is 0.240 e. The summed E-state index contributed by atoms with van der Waals surface area (Å²) in [5.41, 5.74) is 2.96. The van der Waals surface area contributed by atoms with E-state index in [2.05, 4.69) is 4.72 Å². The van der Waals surface area contributed by atoms with Crippen molar-refractivity contribution < 1.29 is 17.9 Å². The van der Waals surface area contributed by atoms with Gasteiger partial charge in [0, 0.05) is 32.9 Å². The Bertz CT molecular complexity index is 864. The Hall–Kier alpha value is -2.09. The van der Waals surface area contributed by atoms with Crippen molar-refractivity contribution in [3.63, 3.8) is 0 Å². The summed E-state index contributed by atoms with van der Waals surface area (Å²) in [6, 6.07) is 12.8. The highest BCUT2D eigenvalue weighted by Gasteiger charge is 2.19. The van der Waals surface area contributed by atoms with Crippen LogP contribution in [0.25, 0.3) is 0 Å². The number of benzene rings is 2. The number of sulfonamides is 1. The minimum Gasteiger partial charge on any atom is -0.491 e. The zero-order valence-corrected chi connectivity index (χ0v) is 18.0. The first-order chi connectivity index (χ1) is 13.2. The third kappa shape index (κ3) is 6.22. The molecule has 2 aromatic rings. The summed E-state index contributed by atoms with van der Waals surface area (Å²) in [6.45, 7) is 4.60. The first kappa shape index (κ1) is 22.2. The average molecular weight is 407 g/mol. The molecule has 0 aromatic heterocycles. The maximum absolute atomic E-state index is 12.7. The van der Waals surface area contributed by atoms with Crippen molar-refractivity contribution in [3.05, 3.63) is 53.6 Å². The van der Waals surface area contributed by atoms with Crippen LogP contribution >= 0.6 is 0 Å². The first-order valence-corrected chi connectivity index (χ1v) is 10.7. The van der Waals surface area contributed by atoms with Gasteiger partial charge in [-0.25, -0.2) is 13.1 Å². The summed E-state index contributed by atoms with van der Waals surface area (Å²) in [6.07, 6.45) is 0.615. The van der Waals surface area contributed by atoms with Gasteiger partial charge in [-0.05, 0) is 61.7 Å². The minimum absolute atomic E-state index is 0.229. The van der Waals surface area contributed by atoms with Crippen molar-refractivity contribution in [2.45, 2.75) is 31.2 Å². The number of aryl methyl sites for hydroxylation is 1. The molecule has 154 valence electrons. The van der Waals surface area contributed by atoms with Gasteiger partial charge in [0.25, 0.3) is 0 Å². The fourth-order valence-corrected chi connectivity index (χ4v) is 4.17. The molecule has 28 heavy (non-hydrogen) atoms. The van der Waals surface area contributed by atoms with Gasteiger partial charge in [-0.1, -0.05) is 12.1 Å². The summed E-state index contributed by atoms with van der Waals surface area (Å²) < 4.78 is 38.7. The Morgan fingerprint density at radius 1 is 1.07 bits per heavy atom. The summed E-state index contributed by atoms with van der Waals surface area (Å²) >= 11 is 0. The highest BCUT2D eigenvalue weighted by Crippen LogP contribution is 2.22. The van der Waals surface area contributed by atoms with Gasteiger partial charge in [0.15, 0.2) is 0 Å². The monoisotopic (exact) mass is 406 g/mol. The van der Waals surface area contributed by atoms with Gasteiger partial charge < -0.3 is 14.4 Å². The predicted molar refractivity (Wildman–Crippen MR) is 113 cm³/mol. The van der Waals surface area contributed by atoms with Crippen LogP contribution in [0.4, 0.5) is 5.69 Å². The molecule has 2 aromatic carbocycles. The summed E-state index contributed by atoms with van der Waals surface area (Å²) in [5.74, 6) is 0.657. The Labute approximate surface area is 168 Å². The summed E-state index contributed by atoms with van der Waals surface area (Å²) in [4.78, 5) is 2.26. The zero-order chi connectivity index (χ0) is 20.7. The highest BCUT2D eigenvalue weighted by atomic mass is 32.2. The Balaban J connectivity index is 2.02. The Morgan fingerprint density at radius 2 is 1.75 bits per heavy atom. The zero-order valence-electron chi connectivity index (χ0n) is 17.2. The van der Waals surface area contributed by atoms with Gasteiger partial charge in [0.1, 0.15) is 12.4 Å². The number of anilines is 1. The van der Waals surface area contributed by atoms with Crippen LogP contribution in [0.1, 0.15) is 18.1 Å². The molecule has 6 nitrogen and oxygen atoms in total. The van der Waals surface area contributed by atoms with E-state index in [1.807, 2.05) is 57.1 Å². The number of methoxy groups -OCH3 is 1. The topological polar surface area (TPSA) is 67.9 Å². The van der Waals surface area contributed by atoms with Crippen molar-refractivity contribution in [1.82, 2.24) is 4.72 Å². The molecule has 0 aliphatic carbocycles. The van der Waals surface area contributed by atoms with E-state index in [4.69, 9.17) is 9.47 Å². The molecule has 0 bridgehead atoms. The number of hydrogen-bond donors (Lipinski definition) is 1. The van der Waals surface area contributed by atoms with Crippen LogP contribution < -0.4 is 14.4 Å². The van der Waals surface area contributed by atoms with E-state index >= 15 is 0 Å². The lowest BCUT2D eigenvalue weighted by molar-refractivity contribution is 0.146.